The van der Waals surface area contributed by atoms with E-state index in [0.29, 0.717) is 5.75 Å². The average molecular weight is 259 g/mol. The molecule has 5 nitrogen and oxygen atoms in total. The molecule has 1 atom stereocenters. The van der Waals surface area contributed by atoms with E-state index in [0.717, 1.165) is 4.90 Å². The Morgan fingerprint density at radius 1 is 1.35 bits per heavy atom. The van der Waals surface area contributed by atoms with E-state index in [2.05, 4.69) is 19.2 Å². The number of hydrogen-bond acceptors (Lipinski definition) is 5. The summed E-state index contributed by atoms with van der Waals surface area (Å²) in [6, 6.07) is -0.914. The maximum absolute atomic E-state index is 11.7. The Kier molecular flexibility index (Phi) is 7.29. The van der Waals surface area contributed by atoms with E-state index in [4.69, 9.17) is 4.74 Å². The minimum absolute atomic E-state index is 0.0472. The minimum Gasteiger partial charge on any atom is -0.460 e. The van der Waals surface area contributed by atoms with Gasteiger partial charge in [-0.05, 0) is 12.2 Å². The van der Waals surface area contributed by atoms with Gasteiger partial charge < -0.3 is 4.74 Å². The van der Waals surface area contributed by atoms with Gasteiger partial charge in [0.15, 0.2) is 0 Å². The molecule has 6 heteroatoms. The molecule has 0 heterocycles. The van der Waals surface area contributed by atoms with Crippen LogP contribution in [0.5, 0.6) is 0 Å². The fourth-order valence-corrected chi connectivity index (χ4v) is 1.62. The van der Waals surface area contributed by atoms with Crippen LogP contribution >= 0.6 is 12.6 Å². The van der Waals surface area contributed by atoms with E-state index in [1.54, 1.807) is 0 Å². The molecule has 0 aromatic heterocycles. The van der Waals surface area contributed by atoms with Crippen LogP contribution in [0.4, 0.5) is 0 Å². The number of amides is 2. The fourth-order valence-electron chi connectivity index (χ4n) is 1.37. The van der Waals surface area contributed by atoms with Crippen molar-refractivity contribution in [3.63, 3.8) is 0 Å². The second-order valence-electron chi connectivity index (χ2n) is 3.35. The second-order valence-corrected chi connectivity index (χ2v) is 3.80. The molecule has 96 valence electrons. The van der Waals surface area contributed by atoms with E-state index >= 15 is 0 Å². The lowest BCUT2D eigenvalue weighted by Crippen LogP contribution is -2.47. The number of ether oxygens (including phenoxy) is 1. The van der Waals surface area contributed by atoms with Gasteiger partial charge in [-0.2, -0.15) is 12.6 Å². The zero-order valence-corrected chi connectivity index (χ0v) is 10.9. The highest BCUT2D eigenvalue weighted by Gasteiger charge is 2.31. The van der Waals surface area contributed by atoms with Crippen LogP contribution in [0.2, 0.25) is 0 Å². The van der Waals surface area contributed by atoms with E-state index in [1.807, 2.05) is 0 Å². The predicted molar refractivity (Wildman–Crippen MR) is 66.6 cm³/mol. The molecule has 0 saturated carbocycles. The van der Waals surface area contributed by atoms with Gasteiger partial charge in [-0.25, -0.2) is 4.79 Å². The van der Waals surface area contributed by atoms with Crippen molar-refractivity contribution in [1.82, 2.24) is 4.90 Å². The van der Waals surface area contributed by atoms with E-state index < -0.39 is 23.8 Å². The van der Waals surface area contributed by atoms with Crippen molar-refractivity contribution >= 4 is 30.4 Å². The Bertz CT molecular complexity index is 303. The third-order valence-corrected chi connectivity index (χ3v) is 2.27. The normalized spacial score (nSPS) is 11.5. The van der Waals surface area contributed by atoms with Crippen LogP contribution in [0.3, 0.4) is 0 Å². The Hall–Kier alpha value is -1.30. The number of hydrogen-bond donors (Lipinski definition) is 1. The molecule has 0 aliphatic rings. The van der Waals surface area contributed by atoms with Gasteiger partial charge >= 0.3 is 5.97 Å². The molecular weight excluding hydrogens is 242 g/mol. The Morgan fingerprint density at radius 3 is 2.24 bits per heavy atom. The molecule has 2 amide bonds. The third-order valence-electron chi connectivity index (χ3n) is 2.01. The van der Waals surface area contributed by atoms with Crippen molar-refractivity contribution in [3.05, 3.63) is 12.7 Å². The van der Waals surface area contributed by atoms with Gasteiger partial charge in [-0.3, -0.25) is 14.5 Å². The SMILES string of the molecule is C=CCOC(=O)C(CCS)N(C(C)=O)C(C)=O. The summed E-state index contributed by atoms with van der Waals surface area (Å²) in [6.07, 6.45) is 1.68. The summed E-state index contributed by atoms with van der Waals surface area (Å²) in [5.41, 5.74) is 0. The summed E-state index contributed by atoms with van der Waals surface area (Å²) in [5.74, 6) is -1.23. The maximum atomic E-state index is 11.7. The predicted octanol–water partition coefficient (Wildman–Crippen LogP) is 0.799. The van der Waals surface area contributed by atoms with Crippen molar-refractivity contribution in [2.24, 2.45) is 0 Å². The number of nitrogens with zero attached hydrogens (tertiary/aromatic N) is 1. The lowest BCUT2D eigenvalue weighted by atomic mass is 10.2. The summed E-state index contributed by atoms with van der Waals surface area (Å²) in [7, 11) is 0. The molecular formula is C11H17NO4S. The first-order valence-electron chi connectivity index (χ1n) is 5.14. The Labute approximate surface area is 106 Å². The van der Waals surface area contributed by atoms with E-state index in [1.165, 1.54) is 19.9 Å². The zero-order chi connectivity index (χ0) is 13.4. The van der Waals surface area contributed by atoms with Crippen molar-refractivity contribution in [2.45, 2.75) is 26.3 Å². The van der Waals surface area contributed by atoms with Gasteiger partial charge in [0.2, 0.25) is 11.8 Å². The largest absolute Gasteiger partial charge is 0.460 e. The molecule has 0 aliphatic carbocycles. The van der Waals surface area contributed by atoms with Gasteiger partial charge in [0.25, 0.3) is 0 Å². The second kappa shape index (κ2) is 7.89. The van der Waals surface area contributed by atoms with Gasteiger partial charge in [-0.15, -0.1) is 0 Å². The van der Waals surface area contributed by atoms with Crippen LogP contribution < -0.4 is 0 Å². The van der Waals surface area contributed by atoms with Crippen molar-refractivity contribution in [3.8, 4) is 0 Å². The number of thiol groups is 1. The van der Waals surface area contributed by atoms with E-state index in [-0.39, 0.29) is 13.0 Å². The summed E-state index contributed by atoms with van der Waals surface area (Å²) in [4.78, 5) is 35.2. The molecule has 0 fully saturated rings. The van der Waals surface area contributed by atoms with Crippen molar-refractivity contribution in [2.75, 3.05) is 12.4 Å². The monoisotopic (exact) mass is 259 g/mol. The van der Waals surface area contributed by atoms with Crippen molar-refractivity contribution < 1.29 is 19.1 Å². The van der Waals surface area contributed by atoms with Crippen LogP contribution in [0.25, 0.3) is 0 Å². The highest BCUT2D eigenvalue weighted by atomic mass is 32.1. The molecule has 0 N–H and O–H groups in total. The van der Waals surface area contributed by atoms with Gasteiger partial charge in [0, 0.05) is 13.8 Å². The zero-order valence-electron chi connectivity index (χ0n) is 10.0. The lowest BCUT2D eigenvalue weighted by Gasteiger charge is -2.25. The number of carbonyl (C=O) groups excluding carboxylic acids is 3. The summed E-state index contributed by atoms with van der Waals surface area (Å²) >= 11 is 4.00. The minimum atomic E-state index is -0.914. The highest BCUT2D eigenvalue weighted by Crippen LogP contribution is 2.09. The molecule has 1 unspecified atom stereocenters. The number of rotatable bonds is 6. The first kappa shape index (κ1) is 15.7. The summed E-state index contributed by atoms with van der Waals surface area (Å²) in [5, 5.41) is 0. The van der Waals surface area contributed by atoms with E-state index in [9.17, 15) is 14.4 Å². The molecule has 0 aliphatic heterocycles. The first-order chi connectivity index (χ1) is 7.95. The highest BCUT2D eigenvalue weighted by molar-refractivity contribution is 7.80. The topological polar surface area (TPSA) is 63.7 Å². The van der Waals surface area contributed by atoms with Crippen LogP contribution in [-0.2, 0) is 19.1 Å². The summed E-state index contributed by atoms with van der Waals surface area (Å²) in [6.45, 7) is 5.92. The van der Waals surface area contributed by atoms with Crippen LogP contribution in [0, 0.1) is 0 Å². The first-order valence-corrected chi connectivity index (χ1v) is 5.77. The van der Waals surface area contributed by atoms with Crippen LogP contribution in [0.15, 0.2) is 12.7 Å². The number of imide groups is 1. The summed E-state index contributed by atoms with van der Waals surface area (Å²) < 4.78 is 4.85. The Morgan fingerprint density at radius 2 is 1.88 bits per heavy atom. The fraction of sp³-hybridized carbons (Fsp3) is 0.545. The molecule has 0 aromatic rings. The Balaban J connectivity index is 4.90. The van der Waals surface area contributed by atoms with Gasteiger partial charge in [0.05, 0.1) is 0 Å². The van der Waals surface area contributed by atoms with Gasteiger partial charge in [0.1, 0.15) is 12.6 Å². The molecule has 0 aromatic carbocycles. The quantitative estimate of drug-likeness (QED) is 0.435. The average Bonchev–Trinajstić information content (AvgIpc) is 2.24. The third kappa shape index (κ3) is 5.04. The molecule has 0 spiro atoms. The van der Waals surface area contributed by atoms with Crippen LogP contribution in [-0.4, -0.2) is 41.1 Å². The number of esters is 1. The standard InChI is InChI=1S/C11H17NO4S/c1-4-6-16-11(15)10(5-7-17)12(8(2)13)9(3)14/h4,10,17H,1,5-7H2,2-3H3. The van der Waals surface area contributed by atoms with Crippen LogP contribution in [0.1, 0.15) is 20.3 Å². The lowest BCUT2D eigenvalue weighted by molar-refractivity contribution is -0.159. The van der Waals surface area contributed by atoms with Gasteiger partial charge in [-0.1, -0.05) is 12.7 Å². The molecule has 17 heavy (non-hydrogen) atoms. The van der Waals surface area contributed by atoms with Crippen molar-refractivity contribution in [1.29, 1.82) is 0 Å². The molecule has 0 radical (unpaired) electrons. The molecule has 0 saturated heterocycles. The number of carbonyl (C=O) groups is 3. The molecule has 0 bridgehead atoms. The molecule has 0 rings (SSSR count). The smallest absolute Gasteiger partial charge is 0.329 e. The maximum Gasteiger partial charge on any atom is 0.329 e.